The van der Waals surface area contributed by atoms with Crippen molar-refractivity contribution in [3.8, 4) is 17.0 Å². The number of aliphatic hydroxyl groups excluding tert-OH is 1. The number of aromatic nitrogens is 4. The van der Waals surface area contributed by atoms with E-state index < -0.39 is 0 Å². The van der Waals surface area contributed by atoms with E-state index >= 15 is 0 Å². The van der Waals surface area contributed by atoms with Gasteiger partial charge in [-0.15, -0.1) is 0 Å². The lowest BCUT2D eigenvalue weighted by Crippen LogP contribution is -2.28. The maximum absolute atomic E-state index is 12.4. The van der Waals surface area contributed by atoms with Crippen LogP contribution in [0, 0.1) is 5.92 Å². The van der Waals surface area contributed by atoms with Gasteiger partial charge in [0.1, 0.15) is 5.75 Å². The van der Waals surface area contributed by atoms with Crippen LogP contribution in [0.3, 0.4) is 0 Å². The van der Waals surface area contributed by atoms with Gasteiger partial charge in [-0.05, 0) is 29.5 Å². The molecule has 0 spiro atoms. The van der Waals surface area contributed by atoms with Gasteiger partial charge >= 0.3 is 5.69 Å². The van der Waals surface area contributed by atoms with Crippen LogP contribution in [0.2, 0.25) is 0 Å². The predicted molar refractivity (Wildman–Crippen MR) is 105 cm³/mol. The Bertz CT molecular complexity index is 1000. The Balaban J connectivity index is 2.23. The Morgan fingerprint density at radius 2 is 2.00 bits per heavy atom. The van der Waals surface area contributed by atoms with Crippen molar-refractivity contribution in [3.63, 3.8) is 0 Å². The summed E-state index contributed by atoms with van der Waals surface area (Å²) in [7, 11) is 1.62. The molecule has 3 rings (SSSR count). The SMILES string of the molecule is COc1ccc(C(C)C)cc1-c1cnc2[nH]c(=O)n([C@H](CO)C(C)C)c2n1. The second-order valence-electron chi connectivity index (χ2n) is 7.34. The Morgan fingerprint density at radius 1 is 1.26 bits per heavy atom. The minimum absolute atomic E-state index is 0.0657. The number of nitrogens with zero attached hydrogens (tertiary/aromatic N) is 3. The second-order valence-corrected chi connectivity index (χ2v) is 7.34. The quantitative estimate of drug-likeness (QED) is 0.695. The lowest BCUT2D eigenvalue weighted by Gasteiger charge is -2.19. The van der Waals surface area contributed by atoms with Crippen LogP contribution in [-0.4, -0.2) is 38.3 Å². The number of H-pyrrole nitrogens is 1. The van der Waals surface area contributed by atoms with Crippen molar-refractivity contribution in [2.45, 2.75) is 39.7 Å². The average Bonchev–Trinajstić information content (AvgIpc) is 2.96. The normalized spacial score (nSPS) is 12.9. The van der Waals surface area contributed by atoms with E-state index in [-0.39, 0.29) is 24.3 Å². The van der Waals surface area contributed by atoms with Gasteiger partial charge < -0.3 is 9.84 Å². The molecule has 0 unspecified atom stereocenters. The van der Waals surface area contributed by atoms with E-state index in [4.69, 9.17) is 9.72 Å². The summed E-state index contributed by atoms with van der Waals surface area (Å²) >= 11 is 0. The summed E-state index contributed by atoms with van der Waals surface area (Å²) in [6, 6.07) is 5.62. The largest absolute Gasteiger partial charge is 0.496 e. The molecule has 0 aliphatic rings. The molecule has 2 N–H and O–H groups in total. The summed E-state index contributed by atoms with van der Waals surface area (Å²) in [5.41, 5.74) is 3.12. The number of hydrogen-bond donors (Lipinski definition) is 2. The molecule has 1 aromatic carbocycles. The molecule has 0 fully saturated rings. The number of nitrogens with one attached hydrogen (secondary N) is 1. The van der Waals surface area contributed by atoms with Crippen LogP contribution in [0.1, 0.15) is 45.2 Å². The fourth-order valence-corrected chi connectivity index (χ4v) is 3.21. The first-order chi connectivity index (χ1) is 12.9. The molecule has 1 atom stereocenters. The van der Waals surface area contributed by atoms with Crippen LogP contribution in [0.25, 0.3) is 22.6 Å². The molecule has 7 nitrogen and oxygen atoms in total. The fourth-order valence-electron chi connectivity index (χ4n) is 3.21. The maximum Gasteiger partial charge on any atom is 0.329 e. The van der Waals surface area contributed by atoms with E-state index in [1.807, 2.05) is 32.0 Å². The predicted octanol–water partition coefficient (Wildman–Crippen LogP) is 3.11. The monoisotopic (exact) mass is 370 g/mol. The summed E-state index contributed by atoms with van der Waals surface area (Å²) in [6.07, 6.45) is 1.63. The molecule has 0 aliphatic heterocycles. The first-order valence-corrected chi connectivity index (χ1v) is 9.13. The smallest absolute Gasteiger partial charge is 0.329 e. The lowest BCUT2D eigenvalue weighted by atomic mass is 9.99. The minimum Gasteiger partial charge on any atom is -0.496 e. The number of hydrogen-bond acceptors (Lipinski definition) is 5. The van der Waals surface area contributed by atoms with Gasteiger partial charge in [0.2, 0.25) is 0 Å². The number of aromatic amines is 1. The van der Waals surface area contributed by atoms with E-state index in [2.05, 4.69) is 23.8 Å². The molecule has 0 bridgehead atoms. The molecule has 0 saturated heterocycles. The van der Waals surface area contributed by atoms with Crippen LogP contribution in [0.4, 0.5) is 0 Å². The maximum atomic E-state index is 12.4. The summed E-state index contributed by atoms with van der Waals surface area (Å²) in [5, 5.41) is 9.78. The molecular formula is C20H26N4O3. The zero-order chi connectivity index (χ0) is 19.7. The molecule has 2 aromatic heterocycles. The Hall–Kier alpha value is -2.67. The molecule has 0 amide bonds. The van der Waals surface area contributed by atoms with Crippen LogP contribution < -0.4 is 10.4 Å². The Morgan fingerprint density at radius 3 is 2.59 bits per heavy atom. The molecule has 27 heavy (non-hydrogen) atoms. The summed E-state index contributed by atoms with van der Waals surface area (Å²) in [5.74, 6) is 1.12. The van der Waals surface area contributed by atoms with E-state index in [9.17, 15) is 9.90 Å². The molecule has 7 heteroatoms. The van der Waals surface area contributed by atoms with Crippen molar-refractivity contribution in [1.29, 1.82) is 0 Å². The van der Waals surface area contributed by atoms with Crippen molar-refractivity contribution < 1.29 is 9.84 Å². The first kappa shape index (κ1) is 19.1. The first-order valence-electron chi connectivity index (χ1n) is 9.13. The van der Waals surface area contributed by atoms with Crippen molar-refractivity contribution in [3.05, 3.63) is 40.4 Å². The molecule has 3 aromatic rings. The van der Waals surface area contributed by atoms with Crippen LogP contribution in [0.15, 0.2) is 29.2 Å². The minimum atomic E-state index is -0.375. The number of benzene rings is 1. The van der Waals surface area contributed by atoms with Crippen molar-refractivity contribution in [1.82, 2.24) is 19.5 Å². The standard InChI is InChI=1S/C20H26N4O3/c1-11(2)13-6-7-17(27-5)14(8-13)15-9-21-18-19(22-15)24(20(26)23-18)16(10-25)12(3)4/h6-9,11-12,16,25H,10H2,1-5H3,(H,21,23,26)/t16-/m1/s1. The zero-order valence-corrected chi connectivity index (χ0v) is 16.4. The van der Waals surface area contributed by atoms with Crippen molar-refractivity contribution >= 4 is 11.3 Å². The van der Waals surface area contributed by atoms with Crippen LogP contribution in [-0.2, 0) is 0 Å². The van der Waals surface area contributed by atoms with E-state index in [1.54, 1.807) is 13.3 Å². The van der Waals surface area contributed by atoms with Crippen LogP contribution >= 0.6 is 0 Å². The molecular weight excluding hydrogens is 344 g/mol. The van der Waals surface area contributed by atoms with E-state index in [0.29, 0.717) is 28.7 Å². The number of methoxy groups -OCH3 is 1. The molecule has 0 radical (unpaired) electrons. The highest BCUT2D eigenvalue weighted by molar-refractivity contribution is 5.74. The highest BCUT2D eigenvalue weighted by Gasteiger charge is 2.22. The molecule has 0 saturated carbocycles. The summed E-state index contributed by atoms with van der Waals surface area (Å²) < 4.78 is 7.00. The van der Waals surface area contributed by atoms with Gasteiger partial charge in [0.25, 0.3) is 0 Å². The topological polar surface area (TPSA) is 93.0 Å². The van der Waals surface area contributed by atoms with Gasteiger partial charge in [0, 0.05) is 5.56 Å². The highest BCUT2D eigenvalue weighted by atomic mass is 16.5. The third kappa shape index (κ3) is 3.47. The average molecular weight is 370 g/mol. The Labute approximate surface area is 158 Å². The highest BCUT2D eigenvalue weighted by Crippen LogP contribution is 2.32. The summed E-state index contributed by atoms with van der Waals surface area (Å²) in [4.78, 5) is 24.3. The van der Waals surface area contributed by atoms with Gasteiger partial charge in [-0.25, -0.2) is 14.8 Å². The fraction of sp³-hybridized carbons (Fsp3) is 0.450. The van der Waals surface area contributed by atoms with Crippen molar-refractivity contribution in [2.75, 3.05) is 13.7 Å². The third-order valence-electron chi connectivity index (χ3n) is 4.88. The van der Waals surface area contributed by atoms with Gasteiger partial charge in [-0.2, -0.15) is 0 Å². The number of aliphatic hydroxyl groups is 1. The van der Waals surface area contributed by atoms with Gasteiger partial charge in [0.15, 0.2) is 11.3 Å². The second kappa shape index (κ2) is 7.52. The number of imidazole rings is 1. The molecule has 2 heterocycles. The molecule has 144 valence electrons. The van der Waals surface area contributed by atoms with Crippen LogP contribution in [0.5, 0.6) is 5.75 Å². The molecule has 0 aliphatic carbocycles. The van der Waals surface area contributed by atoms with Gasteiger partial charge in [-0.3, -0.25) is 9.55 Å². The van der Waals surface area contributed by atoms with Gasteiger partial charge in [0.05, 0.1) is 31.6 Å². The van der Waals surface area contributed by atoms with E-state index in [0.717, 1.165) is 11.1 Å². The zero-order valence-electron chi connectivity index (χ0n) is 16.4. The lowest BCUT2D eigenvalue weighted by molar-refractivity contribution is 0.193. The van der Waals surface area contributed by atoms with Gasteiger partial charge in [-0.1, -0.05) is 33.8 Å². The van der Waals surface area contributed by atoms with Crippen molar-refractivity contribution in [2.24, 2.45) is 5.92 Å². The summed E-state index contributed by atoms with van der Waals surface area (Å²) in [6.45, 7) is 8.01. The number of ether oxygens (including phenoxy) is 1. The number of fused-ring (bicyclic) bond motifs is 1. The Kier molecular flexibility index (Phi) is 5.32. The third-order valence-corrected chi connectivity index (χ3v) is 4.88. The van der Waals surface area contributed by atoms with E-state index in [1.165, 1.54) is 4.57 Å². The number of rotatable bonds is 6.